The number of hydrogen-bond acceptors (Lipinski definition) is 1. The fourth-order valence-corrected chi connectivity index (χ4v) is 2.67. The molecule has 1 aliphatic rings. The number of amides is 2. The first kappa shape index (κ1) is 12.7. The summed E-state index contributed by atoms with van der Waals surface area (Å²) in [5.41, 5.74) is 2.15. The van der Waals surface area contributed by atoms with E-state index in [0.717, 1.165) is 18.8 Å². The Morgan fingerprint density at radius 2 is 1.50 bits per heavy atom. The Hall–Kier alpha value is -2.29. The lowest BCUT2D eigenvalue weighted by Crippen LogP contribution is -2.33. The van der Waals surface area contributed by atoms with Gasteiger partial charge in [0.25, 0.3) is 0 Å². The van der Waals surface area contributed by atoms with E-state index in [1.54, 1.807) is 0 Å². The zero-order valence-corrected chi connectivity index (χ0v) is 11.6. The molecule has 1 fully saturated rings. The highest BCUT2D eigenvalue weighted by Gasteiger charge is 2.32. The second-order valence-electron chi connectivity index (χ2n) is 5.05. The van der Waals surface area contributed by atoms with Gasteiger partial charge in [-0.05, 0) is 24.6 Å². The second kappa shape index (κ2) is 5.37. The Kier molecular flexibility index (Phi) is 3.42. The normalized spacial score (nSPS) is 16.6. The molecule has 1 saturated heterocycles. The first-order valence-electron chi connectivity index (χ1n) is 6.95. The van der Waals surface area contributed by atoms with Crippen LogP contribution in [0.25, 0.3) is 0 Å². The highest BCUT2D eigenvalue weighted by molar-refractivity contribution is 5.94. The van der Waals surface area contributed by atoms with Crippen molar-refractivity contribution >= 4 is 11.7 Å². The summed E-state index contributed by atoms with van der Waals surface area (Å²) < 4.78 is 0. The van der Waals surface area contributed by atoms with Crippen molar-refractivity contribution in [1.82, 2.24) is 4.90 Å². The summed E-state index contributed by atoms with van der Waals surface area (Å²) in [6.07, 6.45) is 0. The van der Waals surface area contributed by atoms with E-state index in [0.29, 0.717) is 0 Å². The molecule has 102 valence electrons. The number of rotatable bonds is 3. The van der Waals surface area contributed by atoms with Crippen molar-refractivity contribution in [2.24, 2.45) is 0 Å². The number of anilines is 1. The topological polar surface area (TPSA) is 23.6 Å². The largest absolute Gasteiger partial charge is 0.325 e. The van der Waals surface area contributed by atoms with Gasteiger partial charge < -0.3 is 4.90 Å². The Labute approximate surface area is 119 Å². The van der Waals surface area contributed by atoms with Gasteiger partial charge in [-0.3, -0.25) is 4.90 Å². The van der Waals surface area contributed by atoms with Crippen LogP contribution in [0.15, 0.2) is 60.7 Å². The van der Waals surface area contributed by atoms with Crippen LogP contribution >= 0.6 is 0 Å². The smallest absolute Gasteiger partial charge is 0.316 e. The molecule has 1 unspecified atom stereocenters. The summed E-state index contributed by atoms with van der Waals surface area (Å²) in [6, 6.07) is 20.2. The first-order valence-corrected chi connectivity index (χ1v) is 6.95. The van der Waals surface area contributed by atoms with Gasteiger partial charge >= 0.3 is 6.03 Å². The lowest BCUT2D eigenvalue weighted by Gasteiger charge is -2.25. The third kappa shape index (κ3) is 2.27. The number of para-hydroxylation sites is 1. The molecule has 3 heteroatoms. The van der Waals surface area contributed by atoms with Crippen molar-refractivity contribution in [1.29, 1.82) is 0 Å². The van der Waals surface area contributed by atoms with Gasteiger partial charge in [0, 0.05) is 18.8 Å². The average molecular weight is 266 g/mol. The van der Waals surface area contributed by atoms with Gasteiger partial charge in [0.05, 0.1) is 6.04 Å². The Morgan fingerprint density at radius 3 is 2.15 bits per heavy atom. The van der Waals surface area contributed by atoms with Crippen LogP contribution in [-0.2, 0) is 0 Å². The molecule has 0 saturated carbocycles. The second-order valence-corrected chi connectivity index (χ2v) is 5.05. The lowest BCUT2D eigenvalue weighted by molar-refractivity contribution is 0.205. The van der Waals surface area contributed by atoms with Crippen molar-refractivity contribution in [3.63, 3.8) is 0 Å². The minimum Gasteiger partial charge on any atom is -0.316 e. The fraction of sp³-hybridized carbons (Fsp3) is 0.235. The van der Waals surface area contributed by atoms with E-state index in [2.05, 4.69) is 19.1 Å². The maximum Gasteiger partial charge on any atom is 0.325 e. The van der Waals surface area contributed by atoms with E-state index in [-0.39, 0.29) is 12.1 Å². The van der Waals surface area contributed by atoms with Crippen LogP contribution in [0.4, 0.5) is 10.5 Å². The summed E-state index contributed by atoms with van der Waals surface area (Å²) in [5, 5.41) is 0. The fourth-order valence-electron chi connectivity index (χ4n) is 2.67. The number of benzene rings is 2. The molecule has 3 rings (SSSR count). The summed E-state index contributed by atoms with van der Waals surface area (Å²) in [5.74, 6) is 0. The molecule has 0 bridgehead atoms. The van der Waals surface area contributed by atoms with E-state index in [1.807, 2.05) is 58.3 Å². The molecule has 2 aromatic carbocycles. The standard InChI is InChI=1S/C17H18N2O/c1-14(15-8-4-2-5-9-15)18-12-13-19(17(18)20)16-10-6-3-7-11-16/h2-11,14H,12-13H2,1H3. The first-order chi connectivity index (χ1) is 9.77. The highest BCUT2D eigenvalue weighted by Crippen LogP contribution is 2.27. The van der Waals surface area contributed by atoms with Gasteiger partial charge in [-0.15, -0.1) is 0 Å². The van der Waals surface area contributed by atoms with E-state index in [4.69, 9.17) is 0 Å². The maximum atomic E-state index is 12.6. The van der Waals surface area contributed by atoms with Gasteiger partial charge in [-0.2, -0.15) is 0 Å². The molecular formula is C17H18N2O. The van der Waals surface area contributed by atoms with Crippen molar-refractivity contribution < 1.29 is 4.79 Å². The van der Waals surface area contributed by atoms with Crippen molar-refractivity contribution in [3.05, 3.63) is 66.2 Å². The maximum absolute atomic E-state index is 12.6. The Bertz CT molecular complexity index is 582. The molecule has 0 radical (unpaired) electrons. The van der Waals surface area contributed by atoms with E-state index in [1.165, 1.54) is 5.56 Å². The van der Waals surface area contributed by atoms with Crippen molar-refractivity contribution in [3.8, 4) is 0 Å². The molecule has 2 aromatic rings. The predicted molar refractivity (Wildman–Crippen MR) is 80.7 cm³/mol. The molecule has 1 aliphatic heterocycles. The van der Waals surface area contributed by atoms with Gasteiger partial charge in [0.15, 0.2) is 0 Å². The molecule has 0 N–H and O–H groups in total. The third-order valence-corrected chi connectivity index (χ3v) is 3.86. The summed E-state index contributed by atoms with van der Waals surface area (Å²) in [4.78, 5) is 16.4. The van der Waals surface area contributed by atoms with E-state index in [9.17, 15) is 4.79 Å². The summed E-state index contributed by atoms with van der Waals surface area (Å²) in [6.45, 7) is 3.60. The van der Waals surface area contributed by atoms with Gasteiger partial charge in [0.1, 0.15) is 0 Å². The third-order valence-electron chi connectivity index (χ3n) is 3.86. The van der Waals surface area contributed by atoms with Crippen LogP contribution in [0.3, 0.4) is 0 Å². The number of nitrogens with zero attached hydrogens (tertiary/aromatic N) is 2. The molecule has 2 amide bonds. The van der Waals surface area contributed by atoms with Crippen LogP contribution in [0.2, 0.25) is 0 Å². The van der Waals surface area contributed by atoms with Gasteiger partial charge in [0.2, 0.25) is 0 Å². The molecule has 1 atom stereocenters. The molecule has 3 nitrogen and oxygen atoms in total. The highest BCUT2D eigenvalue weighted by atomic mass is 16.2. The zero-order chi connectivity index (χ0) is 13.9. The average Bonchev–Trinajstić information content (AvgIpc) is 2.90. The van der Waals surface area contributed by atoms with Crippen LogP contribution < -0.4 is 4.90 Å². The zero-order valence-electron chi connectivity index (χ0n) is 11.6. The minimum absolute atomic E-state index is 0.0903. The quantitative estimate of drug-likeness (QED) is 0.831. The SMILES string of the molecule is CC(c1ccccc1)N1CCN(c2ccccc2)C1=O. The number of hydrogen-bond donors (Lipinski definition) is 0. The molecule has 0 aromatic heterocycles. The van der Waals surface area contributed by atoms with Crippen LogP contribution in [0.5, 0.6) is 0 Å². The number of carbonyl (C=O) groups excluding carboxylic acids is 1. The summed E-state index contributed by atoms with van der Waals surface area (Å²) in [7, 11) is 0. The monoisotopic (exact) mass is 266 g/mol. The number of urea groups is 1. The molecule has 0 aliphatic carbocycles. The summed E-state index contributed by atoms with van der Waals surface area (Å²) >= 11 is 0. The molecule has 0 spiro atoms. The lowest BCUT2D eigenvalue weighted by atomic mass is 10.1. The Balaban J connectivity index is 1.79. The molecule has 1 heterocycles. The number of carbonyl (C=O) groups is 1. The Morgan fingerprint density at radius 1 is 0.900 bits per heavy atom. The predicted octanol–water partition coefficient (Wildman–Crippen LogP) is 3.69. The van der Waals surface area contributed by atoms with Gasteiger partial charge in [-0.25, -0.2) is 4.79 Å². The molecule has 20 heavy (non-hydrogen) atoms. The van der Waals surface area contributed by atoms with E-state index >= 15 is 0 Å². The van der Waals surface area contributed by atoms with Crippen molar-refractivity contribution in [2.45, 2.75) is 13.0 Å². The van der Waals surface area contributed by atoms with E-state index < -0.39 is 0 Å². The molecular weight excluding hydrogens is 248 g/mol. The van der Waals surface area contributed by atoms with Crippen molar-refractivity contribution in [2.75, 3.05) is 18.0 Å². The minimum atomic E-state index is 0.0903. The van der Waals surface area contributed by atoms with Crippen LogP contribution in [0, 0.1) is 0 Å². The van der Waals surface area contributed by atoms with Gasteiger partial charge in [-0.1, -0.05) is 48.5 Å². The van der Waals surface area contributed by atoms with Crippen LogP contribution in [0.1, 0.15) is 18.5 Å². The van der Waals surface area contributed by atoms with Crippen LogP contribution in [-0.4, -0.2) is 24.0 Å².